The van der Waals surface area contributed by atoms with Crippen LogP contribution in [0.2, 0.25) is 0 Å². The Hall–Kier alpha value is -2.11. The average molecular weight is 287 g/mol. The summed E-state index contributed by atoms with van der Waals surface area (Å²) in [5, 5.41) is 7.27. The van der Waals surface area contributed by atoms with Crippen molar-refractivity contribution < 1.29 is 4.79 Å². The summed E-state index contributed by atoms with van der Waals surface area (Å²) in [6.07, 6.45) is 8.99. The highest BCUT2D eigenvalue weighted by atomic mass is 16.1. The lowest BCUT2D eigenvalue weighted by atomic mass is 10.1. The molecule has 1 aliphatic rings. The second-order valence-electron chi connectivity index (χ2n) is 5.73. The van der Waals surface area contributed by atoms with Gasteiger partial charge in [0.15, 0.2) is 0 Å². The molecule has 0 aromatic carbocycles. The molecule has 3 rings (SSSR count). The maximum atomic E-state index is 12.2. The van der Waals surface area contributed by atoms with Crippen molar-refractivity contribution in [2.24, 2.45) is 20.0 Å². The highest BCUT2D eigenvalue weighted by molar-refractivity contribution is 5.76. The van der Waals surface area contributed by atoms with Gasteiger partial charge in [0.2, 0.25) is 5.91 Å². The molecule has 1 aliphatic carbocycles. The summed E-state index contributed by atoms with van der Waals surface area (Å²) in [7, 11) is 3.87. The topological polar surface area (TPSA) is 64.7 Å². The number of hydrogen-bond donors (Lipinski definition) is 1. The van der Waals surface area contributed by atoms with Gasteiger partial charge in [-0.15, -0.1) is 0 Å². The average Bonchev–Trinajstić information content (AvgIpc) is 3.09. The molecular weight excluding hydrogens is 266 g/mol. The fraction of sp³-hybridized carbons (Fsp3) is 0.533. The zero-order chi connectivity index (χ0) is 14.8. The van der Waals surface area contributed by atoms with Crippen LogP contribution in [-0.2, 0) is 25.3 Å². The Kier molecular flexibility index (Phi) is 3.77. The monoisotopic (exact) mass is 287 g/mol. The number of carbonyl (C=O) groups excluding carboxylic acids is 1. The van der Waals surface area contributed by atoms with Gasteiger partial charge in [0.1, 0.15) is 5.82 Å². The van der Waals surface area contributed by atoms with E-state index in [-0.39, 0.29) is 11.9 Å². The van der Waals surface area contributed by atoms with Crippen LogP contribution >= 0.6 is 0 Å². The van der Waals surface area contributed by atoms with Crippen molar-refractivity contribution in [3.63, 3.8) is 0 Å². The van der Waals surface area contributed by atoms with Gasteiger partial charge in [-0.3, -0.25) is 9.48 Å². The lowest BCUT2D eigenvalue weighted by molar-refractivity contribution is -0.122. The second-order valence-corrected chi connectivity index (χ2v) is 5.73. The van der Waals surface area contributed by atoms with Gasteiger partial charge in [-0.1, -0.05) is 0 Å². The van der Waals surface area contributed by atoms with Gasteiger partial charge >= 0.3 is 0 Å². The first kappa shape index (κ1) is 13.9. The number of aryl methyl sites for hydroxylation is 3. The Morgan fingerprint density at radius 1 is 1.43 bits per heavy atom. The maximum Gasteiger partial charge on any atom is 0.220 e. The van der Waals surface area contributed by atoms with Gasteiger partial charge in [-0.25, -0.2) is 4.98 Å². The lowest BCUT2D eigenvalue weighted by Gasteiger charge is -2.18. The molecule has 0 saturated heterocycles. The van der Waals surface area contributed by atoms with Gasteiger partial charge in [-0.05, 0) is 31.2 Å². The number of amides is 1. The molecule has 112 valence electrons. The summed E-state index contributed by atoms with van der Waals surface area (Å²) in [5.74, 6) is 1.56. The molecule has 0 unspecified atom stereocenters. The van der Waals surface area contributed by atoms with Crippen molar-refractivity contribution in [1.29, 1.82) is 0 Å². The van der Waals surface area contributed by atoms with E-state index in [1.54, 1.807) is 12.4 Å². The fourth-order valence-corrected chi connectivity index (χ4v) is 2.63. The number of aromatic nitrogens is 4. The largest absolute Gasteiger partial charge is 0.346 e. The van der Waals surface area contributed by atoms with Crippen molar-refractivity contribution in [3.8, 4) is 0 Å². The third-order valence-electron chi connectivity index (χ3n) is 4.08. The molecule has 2 heterocycles. The molecule has 0 aliphatic heterocycles. The van der Waals surface area contributed by atoms with Gasteiger partial charge < -0.3 is 9.88 Å². The van der Waals surface area contributed by atoms with Gasteiger partial charge in [0, 0.05) is 44.8 Å². The molecule has 1 atom stereocenters. The minimum Gasteiger partial charge on any atom is -0.346 e. The summed E-state index contributed by atoms with van der Waals surface area (Å²) >= 11 is 0. The molecule has 2 aromatic heterocycles. The standard InChI is InChI=1S/C15H21N5O/c1-19-10-9-16-15(19)14(11-3-4-11)18-13(21)6-5-12-7-8-17-20(12)2/h7-11,14H,3-6H2,1-2H3,(H,18,21)/t14-/m1/s1. The van der Waals surface area contributed by atoms with E-state index in [4.69, 9.17) is 0 Å². The number of nitrogens with zero attached hydrogens (tertiary/aromatic N) is 4. The molecule has 21 heavy (non-hydrogen) atoms. The van der Waals surface area contributed by atoms with E-state index in [0.29, 0.717) is 18.8 Å². The van der Waals surface area contributed by atoms with Crippen LogP contribution in [0.3, 0.4) is 0 Å². The Morgan fingerprint density at radius 2 is 2.24 bits per heavy atom. The number of carbonyl (C=O) groups is 1. The number of rotatable bonds is 6. The smallest absolute Gasteiger partial charge is 0.220 e. The number of hydrogen-bond acceptors (Lipinski definition) is 3. The van der Waals surface area contributed by atoms with Crippen LogP contribution in [0, 0.1) is 5.92 Å². The van der Waals surface area contributed by atoms with E-state index in [1.807, 2.05) is 35.6 Å². The van der Waals surface area contributed by atoms with Crippen LogP contribution in [0.1, 0.15) is 36.8 Å². The zero-order valence-electron chi connectivity index (χ0n) is 12.5. The summed E-state index contributed by atoms with van der Waals surface area (Å²) in [4.78, 5) is 16.6. The first-order valence-corrected chi connectivity index (χ1v) is 7.38. The SMILES string of the molecule is Cn1ccnc1[C@H](NC(=O)CCc1ccnn1C)C1CC1. The van der Waals surface area contributed by atoms with Gasteiger partial charge in [0.25, 0.3) is 0 Å². The predicted molar refractivity (Wildman–Crippen MR) is 78.3 cm³/mol. The van der Waals surface area contributed by atoms with E-state index in [0.717, 1.165) is 11.5 Å². The Morgan fingerprint density at radius 3 is 2.81 bits per heavy atom. The Bertz CT molecular complexity index is 626. The molecule has 6 heteroatoms. The molecule has 6 nitrogen and oxygen atoms in total. The van der Waals surface area contributed by atoms with E-state index >= 15 is 0 Å². The van der Waals surface area contributed by atoms with Crippen molar-refractivity contribution in [1.82, 2.24) is 24.6 Å². The third-order valence-corrected chi connectivity index (χ3v) is 4.08. The highest BCUT2D eigenvalue weighted by Crippen LogP contribution is 2.40. The van der Waals surface area contributed by atoms with Crippen LogP contribution in [0.5, 0.6) is 0 Å². The predicted octanol–water partition coefficient (Wildman–Crippen LogP) is 1.35. The molecule has 1 amide bonds. The highest BCUT2D eigenvalue weighted by Gasteiger charge is 2.35. The van der Waals surface area contributed by atoms with Crippen molar-refractivity contribution in [2.45, 2.75) is 31.7 Å². The van der Waals surface area contributed by atoms with Crippen molar-refractivity contribution in [2.75, 3.05) is 0 Å². The quantitative estimate of drug-likeness (QED) is 0.872. The van der Waals surface area contributed by atoms with Crippen LogP contribution in [-0.4, -0.2) is 25.2 Å². The molecule has 1 saturated carbocycles. The van der Waals surface area contributed by atoms with E-state index in [2.05, 4.69) is 15.4 Å². The van der Waals surface area contributed by atoms with E-state index in [9.17, 15) is 4.79 Å². The first-order chi connectivity index (χ1) is 10.1. The van der Waals surface area contributed by atoms with Crippen molar-refractivity contribution >= 4 is 5.91 Å². The van der Waals surface area contributed by atoms with Crippen LogP contribution in [0.15, 0.2) is 24.7 Å². The minimum atomic E-state index is 0.0454. The molecule has 0 radical (unpaired) electrons. The fourth-order valence-electron chi connectivity index (χ4n) is 2.63. The zero-order valence-corrected chi connectivity index (χ0v) is 12.5. The van der Waals surface area contributed by atoms with Crippen molar-refractivity contribution in [3.05, 3.63) is 36.2 Å². The summed E-state index contributed by atoms with van der Waals surface area (Å²) < 4.78 is 3.80. The molecule has 0 spiro atoms. The maximum absolute atomic E-state index is 12.2. The molecule has 1 fully saturated rings. The summed E-state index contributed by atoms with van der Waals surface area (Å²) in [6, 6.07) is 1.99. The summed E-state index contributed by atoms with van der Waals surface area (Å²) in [5.41, 5.74) is 1.07. The normalized spacial score (nSPS) is 15.9. The van der Waals surface area contributed by atoms with Gasteiger partial charge in [0.05, 0.1) is 6.04 Å². The molecule has 1 N–H and O–H groups in total. The third kappa shape index (κ3) is 3.15. The van der Waals surface area contributed by atoms with Crippen LogP contribution in [0.25, 0.3) is 0 Å². The van der Waals surface area contributed by atoms with E-state index < -0.39 is 0 Å². The second kappa shape index (κ2) is 5.71. The summed E-state index contributed by atoms with van der Waals surface area (Å²) in [6.45, 7) is 0. The van der Waals surface area contributed by atoms with Crippen LogP contribution in [0.4, 0.5) is 0 Å². The minimum absolute atomic E-state index is 0.0454. The molecule has 0 bridgehead atoms. The van der Waals surface area contributed by atoms with E-state index in [1.165, 1.54) is 12.8 Å². The van der Waals surface area contributed by atoms with Gasteiger partial charge in [-0.2, -0.15) is 5.10 Å². The Balaban J connectivity index is 1.60. The first-order valence-electron chi connectivity index (χ1n) is 7.38. The lowest BCUT2D eigenvalue weighted by Crippen LogP contribution is -2.31. The van der Waals surface area contributed by atoms with Crippen LogP contribution < -0.4 is 5.32 Å². The number of imidazole rings is 1. The molecule has 2 aromatic rings. The number of nitrogens with one attached hydrogen (secondary N) is 1. The molecular formula is C15H21N5O. The Labute approximate surface area is 124 Å².